The topological polar surface area (TPSA) is 21.3 Å². The van der Waals surface area contributed by atoms with Gasteiger partial charge in [0.2, 0.25) is 0 Å². The predicted octanol–water partition coefficient (Wildman–Crippen LogP) is 3.68. The molecule has 1 aliphatic rings. The quantitative estimate of drug-likeness (QED) is 0.837. The van der Waals surface area contributed by atoms with E-state index in [2.05, 4.69) is 43.4 Å². The lowest BCUT2D eigenvalue weighted by atomic mass is 10.1. The van der Waals surface area contributed by atoms with Crippen LogP contribution in [0.25, 0.3) is 0 Å². The minimum Gasteiger partial charge on any atom is -0.490 e. The first-order valence-corrected chi connectivity index (χ1v) is 6.79. The largest absolute Gasteiger partial charge is 0.490 e. The van der Waals surface area contributed by atoms with Crippen LogP contribution >= 0.6 is 0 Å². The molecule has 0 aromatic heterocycles. The molecule has 0 heterocycles. The van der Waals surface area contributed by atoms with E-state index in [-0.39, 0.29) is 0 Å². The molecule has 94 valence electrons. The molecule has 0 radical (unpaired) electrons. The minimum atomic E-state index is 0.395. The molecule has 1 atom stereocenters. The highest BCUT2D eigenvalue weighted by atomic mass is 16.5. The Balaban J connectivity index is 2.00. The van der Waals surface area contributed by atoms with Crippen molar-refractivity contribution < 1.29 is 4.74 Å². The number of hydrogen-bond donors (Lipinski definition) is 1. The molecule has 2 heteroatoms. The summed E-state index contributed by atoms with van der Waals surface area (Å²) in [5.41, 5.74) is 1.31. The molecule has 1 N–H and O–H groups in total. The van der Waals surface area contributed by atoms with Gasteiger partial charge in [-0.05, 0) is 56.8 Å². The third-order valence-corrected chi connectivity index (χ3v) is 3.47. The van der Waals surface area contributed by atoms with Crippen molar-refractivity contribution in [1.29, 1.82) is 0 Å². The molecule has 17 heavy (non-hydrogen) atoms. The average Bonchev–Trinajstić information content (AvgIpc) is 2.82. The second-order valence-corrected chi connectivity index (χ2v) is 4.88. The summed E-state index contributed by atoms with van der Waals surface area (Å²) >= 11 is 0. The Hall–Kier alpha value is -1.02. The Bertz CT molecular complexity index is 345. The second-order valence-electron chi connectivity index (χ2n) is 4.88. The maximum Gasteiger partial charge on any atom is 0.120 e. The zero-order valence-corrected chi connectivity index (χ0v) is 10.9. The van der Waals surface area contributed by atoms with E-state index < -0.39 is 0 Å². The highest BCUT2D eigenvalue weighted by molar-refractivity contribution is 5.30. The van der Waals surface area contributed by atoms with Crippen molar-refractivity contribution in [3.05, 3.63) is 29.8 Å². The highest BCUT2D eigenvalue weighted by Crippen LogP contribution is 2.25. The summed E-state index contributed by atoms with van der Waals surface area (Å²) in [6.45, 7) is 5.32. The second kappa shape index (κ2) is 6.06. The van der Waals surface area contributed by atoms with Gasteiger partial charge < -0.3 is 10.1 Å². The summed E-state index contributed by atoms with van der Waals surface area (Å²) in [6, 6.07) is 8.89. The number of benzene rings is 1. The Morgan fingerprint density at radius 3 is 2.82 bits per heavy atom. The van der Waals surface area contributed by atoms with Gasteiger partial charge in [0, 0.05) is 6.04 Å². The van der Waals surface area contributed by atoms with E-state index in [1.165, 1.54) is 31.2 Å². The van der Waals surface area contributed by atoms with Gasteiger partial charge in [0.15, 0.2) is 0 Å². The van der Waals surface area contributed by atoms with Gasteiger partial charge in [-0.2, -0.15) is 0 Å². The summed E-state index contributed by atoms with van der Waals surface area (Å²) in [6.07, 6.45) is 5.51. The van der Waals surface area contributed by atoms with E-state index in [1.54, 1.807) is 0 Å². The molecule has 2 rings (SSSR count). The fourth-order valence-corrected chi connectivity index (χ4v) is 2.48. The van der Waals surface area contributed by atoms with E-state index in [0.717, 1.165) is 12.3 Å². The maximum absolute atomic E-state index is 6.02. The molecule has 2 nitrogen and oxygen atoms in total. The van der Waals surface area contributed by atoms with Crippen LogP contribution in [0.1, 0.15) is 51.1 Å². The van der Waals surface area contributed by atoms with Crippen molar-refractivity contribution in [1.82, 2.24) is 5.32 Å². The lowest BCUT2D eigenvalue weighted by Gasteiger charge is -2.16. The van der Waals surface area contributed by atoms with Crippen molar-refractivity contribution in [3.63, 3.8) is 0 Å². The minimum absolute atomic E-state index is 0.395. The van der Waals surface area contributed by atoms with Gasteiger partial charge in [0.25, 0.3) is 0 Å². The molecule has 0 bridgehead atoms. The Morgan fingerprint density at radius 1 is 1.35 bits per heavy atom. The van der Waals surface area contributed by atoms with Crippen molar-refractivity contribution in [2.75, 3.05) is 6.54 Å². The first-order chi connectivity index (χ1) is 8.29. The first kappa shape index (κ1) is 12.4. The lowest BCUT2D eigenvalue weighted by Crippen LogP contribution is -2.18. The molecule has 0 amide bonds. The van der Waals surface area contributed by atoms with Crippen LogP contribution in [0.4, 0.5) is 0 Å². The fraction of sp³-hybridized carbons (Fsp3) is 0.600. The van der Waals surface area contributed by atoms with Crippen LogP contribution in [-0.2, 0) is 0 Å². The van der Waals surface area contributed by atoms with Gasteiger partial charge >= 0.3 is 0 Å². The van der Waals surface area contributed by atoms with Crippen LogP contribution in [0.3, 0.4) is 0 Å². The molecular weight excluding hydrogens is 210 g/mol. The standard InChI is InChI=1S/C15H23NO/c1-3-16-12(2)13-7-6-10-15(11-13)17-14-8-4-5-9-14/h6-7,10-12,14,16H,3-5,8-9H2,1-2H3/t12-/m0/s1. The molecule has 0 spiro atoms. The molecular formula is C15H23NO. The average molecular weight is 233 g/mol. The van der Waals surface area contributed by atoms with E-state index in [0.29, 0.717) is 12.1 Å². The van der Waals surface area contributed by atoms with Gasteiger partial charge in [-0.1, -0.05) is 19.1 Å². The molecule has 1 aromatic carbocycles. The van der Waals surface area contributed by atoms with E-state index in [4.69, 9.17) is 4.74 Å². The van der Waals surface area contributed by atoms with E-state index >= 15 is 0 Å². The predicted molar refractivity (Wildman–Crippen MR) is 71.4 cm³/mol. The van der Waals surface area contributed by atoms with Crippen LogP contribution in [-0.4, -0.2) is 12.6 Å². The first-order valence-electron chi connectivity index (χ1n) is 6.79. The van der Waals surface area contributed by atoms with Gasteiger partial charge in [0.05, 0.1) is 6.10 Å². The van der Waals surface area contributed by atoms with Crippen LogP contribution in [0, 0.1) is 0 Å². The summed E-state index contributed by atoms with van der Waals surface area (Å²) in [7, 11) is 0. The monoisotopic (exact) mass is 233 g/mol. The molecule has 1 saturated carbocycles. The highest BCUT2D eigenvalue weighted by Gasteiger charge is 2.16. The summed E-state index contributed by atoms with van der Waals surface area (Å²) < 4.78 is 6.02. The zero-order valence-electron chi connectivity index (χ0n) is 10.9. The van der Waals surface area contributed by atoms with Crippen LogP contribution < -0.4 is 10.1 Å². The van der Waals surface area contributed by atoms with Crippen molar-refractivity contribution in [3.8, 4) is 5.75 Å². The third-order valence-electron chi connectivity index (χ3n) is 3.47. The third kappa shape index (κ3) is 3.47. The SMILES string of the molecule is CCN[C@@H](C)c1cccc(OC2CCCC2)c1. The molecule has 0 aliphatic heterocycles. The van der Waals surface area contributed by atoms with E-state index in [9.17, 15) is 0 Å². The normalized spacial score (nSPS) is 18.2. The fourth-order valence-electron chi connectivity index (χ4n) is 2.48. The number of hydrogen-bond acceptors (Lipinski definition) is 2. The van der Waals surface area contributed by atoms with Gasteiger partial charge in [-0.15, -0.1) is 0 Å². The lowest BCUT2D eigenvalue weighted by molar-refractivity contribution is 0.209. The molecule has 0 saturated heterocycles. The number of ether oxygens (including phenoxy) is 1. The van der Waals surface area contributed by atoms with Gasteiger partial charge in [-0.25, -0.2) is 0 Å². The summed E-state index contributed by atoms with van der Waals surface area (Å²) in [5.74, 6) is 1.03. The smallest absolute Gasteiger partial charge is 0.120 e. The van der Waals surface area contributed by atoms with Crippen LogP contribution in [0.2, 0.25) is 0 Å². The Kier molecular flexibility index (Phi) is 4.43. The Labute approximate surface area is 104 Å². The zero-order chi connectivity index (χ0) is 12.1. The molecule has 1 aromatic rings. The van der Waals surface area contributed by atoms with Crippen LogP contribution in [0.15, 0.2) is 24.3 Å². The van der Waals surface area contributed by atoms with Gasteiger partial charge in [-0.3, -0.25) is 0 Å². The Morgan fingerprint density at radius 2 is 2.12 bits per heavy atom. The van der Waals surface area contributed by atoms with Crippen molar-refractivity contribution >= 4 is 0 Å². The molecule has 0 unspecified atom stereocenters. The van der Waals surface area contributed by atoms with E-state index in [1.807, 2.05) is 0 Å². The number of nitrogens with one attached hydrogen (secondary N) is 1. The molecule has 1 fully saturated rings. The van der Waals surface area contributed by atoms with Crippen LogP contribution in [0.5, 0.6) is 5.75 Å². The van der Waals surface area contributed by atoms with Crippen molar-refractivity contribution in [2.24, 2.45) is 0 Å². The summed E-state index contributed by atoms with van der Waals surface area (Å²) in [4.78, 5) is 0. The summed E-state index contributed by atoms with van der Waals surface area (Å²) in [5, 5.41) is 3.43. The maximum atomic E-state index is 6.02. The van der Waals surface area contributed by atoms with Crippen molar-refractivity contribution in [2.45, 2.75) is 51.7 Å². The van der Waals surface area contributed by atoms with Gasteiger partial charge in [0.1, 0.15) is 5.75 Å². The molecule has 1 aliphatic carbocycles. The number of rotatable bonds is 5.